The fraction of sp³-hybridized carbons (Fsp3) is 0.467. The summed E-state index contributed by atoms with van der Waals surface area (Å²) in [4.78, 5) is 24.8. The molecule has 2 amide bonds. The first kappa shape index (κ1) is 15.3. The largest absolute Gasteiger partial charge is 0.399 e. The van der Waals surface area contributed by atoms with Gasteiger partial charge in [-0.1, -0.05) is 0 Å². The van der Waals surface area contributed by atoms with Gasteiger partial charge in [0.15, 0.2) is 0 Å². The van der Waals surface area contributed by atoms with Crippen LogP contribution >= 0.6 is 0 Å². The molecule has 6 heteroatoms. The number of likely N-dealkylation sites (tertiary alicyclic amines) is 1. The molecule has 0 atom stereocenters. The second-order valence-corrected chi connectivity index (χ2v) is 5.41. The Morgan fingerprint density at radius 2 is 2.05 bits per heavy atom. The fourth-order valence-electron chi connectivity index (χ4n) is 2.50. The SMILES string of the molecule is CC(=O)NCC1CCN(C(=O)c2ccc(N)cc2F)CC1. The lowest BCUT2D eigenvalue weighted by atomic mass is 9.96. The number of halogens is 1. The Hall–Kier alpha value is -2.11. The molecule has 21 heavy (non-hydrogen) atoms. The second kappa shape index (κ2) is 6.56. The number of nitrogens with zero attached hydrogens (tertiary/aromatic N) is 1. The molecule has 0 radical (unpaired) electrons. The number of nitrogen functional groups attached to an aromatic ring is 1. The van der Waals surface area contributed by atoms with Gasteiger partial charge in [0.1, 0.15) is 5.82 Å². The van der Waals surface area contributed by atoms with E-state index in [9.17, 15) is 14.0 Å². The van der Waals surface area contributed by atoms with E-state index in [1.165, 1.54) is 19.1 Å². The van der Waals surface area contributed by atoms with Gasteiger partial charge in [-0.15, -0.1) is 0 Å². The van der Waals surface area contributed by atoms with Gasteiger partial charge in [-0.2, -0.15) is 0 Å². The summed E-state index contributed by atoms with van der Waals surface area (Å²) in [5.41, 5.74) is 5.85. The Morgan fingerprint density at radius 3 is 2.62 bits per heavy atom. The standard InChI is InChI=1S/C15H20FN3O2/c1-10(20)18-9-11-4-6-19(7-5-11)15(21)13-3-2-12(17)8-14(13)16/h2-3,8,11H,4-7,9,17H2,1H3,(H,18,20). The van der Waals surface area contributed by atoms with E-state index in [1.54, 1.807) is 4.90 Å². The van der Waals surface area contributed by atoms with Crippen molar-refractivity contribution in [3.05, 3.63) is 29.6 Å². The molecule has 2 rings (SSSR count). The highest BCUT2D eigenvalue weighted by atomic mass is 19.1. The molecule has 1 aliphatic rings. The number of amides is 2. The number of hydrogen-bond donors (Lipinski definition) is 2. The number of anilines is 1. The van der Waals surface area contributed by atoms with Crippen LogP contribution < -0.4 is 11.1 Å². The van der Waals surface area contributed by atoms with E-state index in [2.05, 4.69) is 5.32 Å². The third-order valence-electron chi connectivity index (χ3n) is 3.76. The van der Waals surface area contributed by atoms with Gasteiger partial charge in [-0.05, 0) is 37.0 Å². The molecule has 1 fully saturated rings. The Morgan fingerprint density at radius 1 is 1.38 bits per heavy atom. The van der Waals surface area contributed by atoms with Crippen molar-refractivity contribution >= 4 is 17.5 Å². The quantitative estimate of drug-likeness (QED) is 0.827. The summed E-state index contributed by atoms with van der Waals surface area (Å²) in [5, 5.41) is 2.79. The lowest BCUT2D eigenvalue weighted by Gasteiger charge is -2.32. The van der Waals surface area contributed by atoms with Crippen molar-refractivity contribution in [3.63, 3.8) is 0 Å². The average molecular weight is 293 g/mol. The van der Waals surface area contributed by atoms with Crippen LogP contribution in [0, 0.1) is 11.7 Å². The number of carbonyl (C=O) groups is 2. The van der Waals surface area contributed by atoms with Gasteiger partial charge in [-0.25, -0.2) is 4.39 Å². The lowest BCUT2D eigenvalue weighted by molar-refractivity contribution is -0.119. The summed E-state index contributed by atoms with van der Waals surface area (Å²) < 4.78 is 13.8. The van der Waals surface area contributed by atoms with Crippen LogP contribution in [0.2, 0.25) is 0 Å². The molecule has 0 saturated carbocycles. The maximum atomic E-state index is 13.8. The van der Waals surface area contributed by atoms with Crippen LogP contribution in [0.1, 0.15) is 30.1 Å². The lowest BCUT2D eigenvalue weighted by Crippen LogP contribution is -2.41. The number of nitrogens with one attached hydrogen (secondary N) is 1. The van der Waals surface area contributed by atoms with Gasteiger partial charge in [0.2, 0.25) is 5.91 Å². The minimum Gasteiger partial charge on any atom is -0.399 e. The summed E-state index contributed by atoms with van der Waals surface area (Å²) in [6.45, 7) is 3.27. The molecule has 114 valence electrons. The molecule has 3 N–H and O–H groups in total. The van der Waals surface area contributed by atoms with E-state index in [4.69, 9.17) is 5.73 Å². The van der Waals surface area contributed by atoms with E-state index >= 15 is 0 Å². The number of piperidine rings is 1. The summed E-state index contributed by atoms with van der Waals surface area (Å²) in [6.07, 6.45) is 1.62. The first-order chi connectivity index (χ1) is 9.97. The predicted molar refractivity (Wildman–Crippen MR) is 78.1 cm³/mol. The number of hydrogen-bond acceptors (Lipinski definition) is 3. The van der Waals surface area contributed by atoms with Crippen molar-refractivity contribution in [2.45, 2.75) is 19.8 Å². The van der Waals surface area contributed by atoms with E-state index in [1.807, 2.05) is 0 Å². The van der Waals surface area contributed by atoms with Crippen molar-refractivity contribution in [1.82, 2.24) is 10.2 Å². The van der Waals surface area contributed by atoms with Crippen molar-refractivity contribution in [2.75, 3.05) is 25.4 Å². The molecule has 0 aliphatic carbocycles. The van der Waals surface area contributed by atoms with Gasteiger partial charge >= 0.3 is 0 Å². The van der Waals surface area contributed by atoms with Crippen LogP contribution in [-0.2, 0) is 4.79 Å². The Kier molecular flexibility index (Phi) is 4.77. The van der Waals surface area contributed by atoms with Gasteiger partial charge in [0.25, 0.3) is 5.91 Å². The molecule has 1 aliphatic heterocycles. The van der Waals surface area contributed by atoms with E-state index in [-0.39, 0.29) is 17.4 Å². The van der Waals surface area contributed by atoms with Crippen molar-refractivity contribution in [2.24, 2.45) is 5.92 Å². The van der Waals surface area contributed by atoms with Gasteiger partial charge in [-0.3, -0.25) is 9.59 Å². The summed E-state index contributed by atoms with van der Waals surface area (Å²) in [5.74, 6) is -0.558. The molecule has 5 nitrogen and oxygen atoms in total. The van der Waals surface area contributed by atoms with Crippen LogP contribution in [0.4, 0.5) is 10.1 Å². The summed E-state index contributed by atoms with van der Waals surface area (Å²) in [6, 6.07) is 4.12. The van der Waals surface area contributed by atoms with E-state index in [0.29, 0.717) is 31.2 Å². The highest BCUT2D eigenvalue weighted by Gasteiger charge is 2.25. The van der Waals surface area contributed by atoms with Crippen molar-refractivity contribution in [1.29, 1.82) is 0 Å². The first-order valence-electron chi connectivity index (χ1n) is 7.06. The zero-order chi connectivity index (χ0) is 15.4. The fourth-order valence-corrected chi connectivity index (χ4v) is 2.50. The molecule has 1 heterocycles. The van der Waals surface area contributed by atoms with E-state index in [0.717, 1.165) is 18.9 Å². The Balaban J connectivity index is 1.92. The van der Waals surface area contributed by atoms with Crippen LogP contribution in [0.15, 0.2) is 18.2 Å². The van der Waals surface area contributed by atoms with Crippen LogP contribution in [-0.4, -0.2) is 36.3 Å². The van der Waals surface area contributed by atoms with Crippen LogP contribution in [0.3, 0.4) is 0 Å². The maximum absolute atomic E-state index is 13.8. The smallest absolute Gasteiger partial charge is 0.256 e. The van der Waals surface area contributed by atoms with Crippen LogP contribution in [0.5, 0.6) is 0 Å². The first-order valence-corrected chi connectivity index (χ1v) is 7.06. The monoisotopic (exact) mass is 293 g/mol. The predicted octanol–water partition coefficient (Wildman–Crippen LogP) is 1.40. The van der Waals surface area contributed by atoms with Gasteiger partial charge in [0.05, 0.1) is 5.56 Å². The van der Waals surface area contributed by atoms with Crippen LogP contribution in [0.25, 0.3) is 0 Å². The molecule has 1 saturated heterocycles. The highest BCUT2D eigenvalue weighted by molar-refractivity contribution is 5.94. The van der Waals surface area contributed by atoms with Crippen molar-refractivity contribution in [3.8, 4) is 0 Å². The normalized spacial score (nSPS) is 15.8. The molecular weight excluding hydrogens is 273 g/mol. The molecule has 0 unspecified atom stereocenters. The summed E-state index contributed by atoms with van der Waals surface area (Å²) in [7, 11) is 0. The Labute approximate surface area is 123 Å². The molecule has 0 aromatic heterocycles. The summed E-state index contributed by atoms with van der Waals surface area (Å²) >= 11 is 0. The zero-order valence-electron chi connectivity index (χ0n) is 12.1. The number of carbonyl (C=O) groups excluding carboxylic acids is 2. The molecule has 0 spiro atoms. The maximum Gasteiger partial charge on any atom is 0.256 e. The second-order valence-electron chi connectivity index (χ2n) is 5.41. The molecule has 1 aromatic rings. The molecule has 1 aromatic carbocycles. The third kappa shape index (κ3) is 3.93. The third-order valence-corrected chi connectivity index (χ3v) is 3.76. The number of nitrogens with two attached hydrogens (primary N) is 1. The average Bonchev–Trinajstić information content (AvgIpc) is 2.45. The number of benzene rings is 1. The zero-order valence-corrected chi connectivity index (χ0v) is 12.1. The number of rotatable bonds is 3. The Bertz CT molecular complexity index is 540. The highest BCUT2D eigenvalue weighted by Crippen LogP contribution is 2.20. The minimum atomic E-state index is -0.583. The minimum absolute atomic E-state index is 0.0440. The van der Waals surface area contributed by atoms with Gasteiger partial charge in [0, 0.05) is 32.2 Å². The topological polar surface area (TPSA) is 75.4 Å². The van der Waals surface area contributed by atoms with E-state index < -0.39 is 5.82 Å². The molecular formula is C15H20FN3O2. The molecule has 0 bridgehead atoms. The van der Waals surface area contributed by atoms with Gasteiger partial charge < -0.3 is 16.0 Å². The van der Waals surface area contributed by atoms with Crippen molar-refractivity contribution < 1.29 is 14.0 Å².